The molecule has 0 spiro atoms. The fraction of sp³-hybridized carbons (Fsp3) is 0.565. The van der Waals surface area contributed by atoms with Gasteiger partial charge in [-0.15, -0.1) is 0 Å². The van der Waals surface area contributed by atoms with Gasteiger partial charge in [-0.3, -0.25) is 0 Å². The largest absolute Gasteiger partial charge is 0.444 e. The molecule has 33 heavy (non-hydrogen) atoms. The van der Waals surface area contributed by atoms with Gasteiger partial charge >= 0.3 is 6.09 Å². The van der Waals surface area contributed by atoms with E-state index in [9.17, 15) is 22.4 Å². The van der Waals surface area contributed by atoms with Crippen LogP contribution in [0.4, 0.5) is 22.4 Å². The predicted molar refractivity (Wildman–Crippen MR) is 110 cm³/mol. The molecule has 1 saturated carbocycles. The molecule has 1 aromatic heterocycles. The molecular weight excluding hydrogens is 444 g/mol. The number of halogens is 4. The molecule has 2 aliphatic rings. The fourth-order valence-corrected chi connectivity index (χ4v) is 3.84. The second-order valence-electron chi connectivity index (χ2n) is 9.50. The van der Waals surface area contributed by atoms with Crippen molar-refractivity contribution in [3.63, 3.8) is 0 Å². The van der Waals surface area contributed by atoms with Crippen molar-refractivity contribution >= 4 is 6.09 Å². The minimum absolute atomic E-state index is 0.0224. The van der Waals surface area contributed by atoms with Crippen molar-refractivity contribution < 1.29 is 36.4 Å². The minimum atomic E-state index is -3.34. The van der Waals surface area contributed by atoms with Gasteiger partial charge in [-0.2, -0.15) is 0 Å². The van der Waals surface area contributed by atoms with Crippen molar-refractivity contribution in [3.8, 4) is 11.3 Å². The lowest BCUT2D eigenvalue weighted by Gasteiger charge is -2.38. The van der Waals surface area contributed by atoms with Crippen LogP contribution in [0, 0.1) is 11.6 Å². The van der Waals surface area contributed by atoms with Gasteiger partial charge in [0.05, 0.1) is 18.7 Å². The molecular formula is C23H26F4N2O4. The summed E-state index contributed by atoms with van der Waals surface area (Å²) in [6, 6.07) is 3.41. The smallest absolute Gasteiger partial charge is 0.410 e. The van der Waals surface area contributed by atoms with E-state index in [1.165, 1.54) is 6.07 Å². The molecule has 1 unspecified atom stereocenters. The van der Waals surface area contributed by atoms with Crippen LogP contribution in [0.5, 0.6) is 0 Å². The zero-order valence-electron chi connectivity index (χ0n) is 18.7. The summed E-state index contributed by atoms with van der Waals surface area (Å²) in [7, 11) is 0. The van der Waals surface area contributed by atoms with Gasteiger partial charge in [0.1, 0.15) is 34.8 Å². The van der Waals surface area contributed by atoms with Crippen molar-refractivity contribution in [2.45, 2.75) is 70.2 Å². The molecule has 2 fully saturated rings. The Bertz CT molecular complexity index is 1010. The van der Waals surface area contributed by atoms with Crippen LogP contribution in [0.25, 0.3) is 11.3 Å². The first kappa shape index (κ1) is 23.5. The van der Waals surface area contributed by atoms with Crippen molar-refractivity contribution in [2.75, 3.05) is 13.1 Å². The zero-order valence-corrected chi connectivity index (χ0v) is 18.7. The fourth-order valence-electron chi connectivity index (χ4n) is 3.84. The standard InChI is InChI=1S/C23H26F4N2O4/c1-22(2,3)32-21(30)29-10-9-17(23(26,27)12-29)31-11-14-19(28-33-20(14)13-7-8-13)18-15(24)5-4-6-16(18)25/h4-6,13,17H,7-12H2,1-3H3. The second kappa shape index (κ2) is 8.62. The summed E-state index contributed by atoms with van der Waals surface area (Å²) in [4.78, 5) is 13.1. The SMILES string of the molecule is CC(C)(C)OC(=O)N1CCC(OCc2c(-c3c(F)cccc3F)noc2C2CC2)C(F)(F)C1. The number of carbonyl (C=O) groups excluding carboxylic acids is 1. The van der Waals surface area contributed by atoms with Crippen molar-refractivity contribution in [1.82, 2.24) is 10.1 Å². The van der Waals surface area contributed by atoms with E-state index in [1.54, 1.807) is 20.8 Å². The van der Waals surface area contributed by atoms with E-state index in [-0.39, 0.29) is 42.3 Å². The van der Waals surface area contributed by atoms with E-state index in [1.807, 2.05) is 0 Å². The second-order valence-corrected chi connectivity index (χ2v) is 9.50. The number of amides is 1. The highest BCUT2D eigenvalue weighted by Gasteiger charge is 2.48. The lowest BCUT2D eigenvalue weighted by molar-refractivity contribution is -0.174. The Labute approximate surface area is 188 Å². The molecule has 1 aliphatic carbocycles. The van der Waals surface area contributed by atoms with E-state index in [0.29, 0.717) is 5.76 Å². The van der Waals surface area contributed by atoms with E-state index in [0.717, 1.165) is 29.9 Å². The van der Waals surface area contributed by atoms with Gasteiger partial charge in [0.15, 0.2) is 0 Å². The monoisotopic (exact) mass is 470 g/mol. The summed E-state index contributed by atoms with van der Waals surface area (Å²) in [5.74, 6) is -4.57. The number of hydrogen-bond donors (Lipinski definition) is 0. The molecule has 2 aromatic rings. The van der Waals surface area contributed by atoms with Crippen molar-refractivity contribution in [2.24, 2.45) is 0 Å². The molecule has 2 heterocycles. The van der Waals surface area contributed by atoms with Gasteiger partial charge in [0.25, 0.3) is 5.92 Å². The molecule has 0 N–H and O–H groups in total. The lowest BCUT2D eigenvalue weighted by atomic mass is 10.0. The highest BCUT2D eigenvalue weighted by Crippen LogP contribution is 2.45. The van der Waals surface area contributed by atoms with Gasteiger partial charge in [-0.1, -0.05) is 11.2 Å². The van der Waals surface area contributed by atoms with Gasteiger partial charge in [0, 0.05) is 18.0 Å². The van der Waals surface area contributed by atoms with Gasteiger partial charge in [0.2, 0.25) is 0 Å². The first-order chi connectivity index (χ1) is 15.5. The number of aromatic nitrogens is 1. The normalized spacial score (nSPS) is 20.7. The summed E-state index contributed by atoms with van der Waals surface area (Å²) < 4.78 is 74.5. The topological polar surface area (TPSA) is 64.8 Å². The first-order valence-electron chi connectivity index (χ1n) is 10.9. The van der Waals surface area contributed by atoms with Crippen LogP contribution in [0.2, 0.25) is 0 Å². The maximum Gasteiger partial charge on any atom is 0.410 e. The maximum absolute atomic E-state index is 14.8. The van der Waals surface area contributed by atoms with E-state index in [2.05, 4.69) is 5.16 Å². The molecule has 1 aliphatic heterocycles. The molecule has 0 bridgehead atoms. The van der Waals surface area contributed by atoms with E-state index >= 15 is 0 Å². The Morgan fingerprint density at radius 1 is 1.21 bits per heavy atom. The van der Waals surface area contributed by atoms with Gasteiger partial charge in [-0.05, 0) is 52.2 Å². The number of piperidine rings is 1. The number of carbonyl (C=O) groups is 1. The Morgan fingerprint density at radius 3 is 2.45 bits per heavy atom. The number of likely N-dealkylation sites (tertiary alicyclic amines) is 1. The molecule has 1 amide bonds. The molecule has 4 rings (SSSR count). The Hall–Kier alpha value is -2.62. The number of alkyl halides is 2. The number of nitrogens with zero attached hydrogens (tertiary/aromatic N) is 2. The molecule has 1 aromatic carbocycles. The first-order valence-corrected chi connectivity index (χ1v) is 10.9. The quantitative estimate of drug-likeness (QED) is 0.528. The summed E-state index contributed by atoms with van der Waals surface area (Å²) in [6.45, 7) is 3.82. The van der Waals surface area contributed by atoms with Crippen LogP contribution >= 0.6 is 0 Å². The summed E-state index contributed by atoms with van der Waals surface area (Å²) in [5, 5.41) is 3.85. The van der Waals surface area contributed by atoms with Crippen LogP contribution in [0.1, 0.15) is 57.3 Å². The molecule has 10 heteroatoms. The molecule has 180 valence electrons. The summed E-state index contributed by atoms with van der Waals surface area (Å²) >= 11 is 0. The summed E-state index contributed by atoms with van der Waals surface area (Å²) in [5.41, 5.74) is -0.988. The zero-order chi connectivity index (χ0) is 24.0. The highest BCUT2D eigenvalue weighted by molar-refractivity contribution is 5.68. The number of ether oxygens (including phenoxy) is 2. The van der Waals surface area contributed by atoms with Crippen LogP contribution in [0.15, 0.2) is 22.7 Å². The van der Waals surface area contributed by atoms with Crippen LogP contribution in [-0.2, 0) is 16.1 Å². The Balaban J connectivity index is 1.51. The Morgan fingerprint density at radius 2 is 1.88 bits per heavy atom. The van der Waals surface area contributed by atoms with Gasteiger partial charge < -0.3 is 18.9 Å². The van der Waals surface area contributed by atoms with E-state index < -0.39 is 41.9 Å². The third-order valence-electron chi connectivity index (χ3n) is 5.58. The van der Waals surface area contributed by atoms with Crippen LogP contribution in [0.3, 0.4) is 0 Å². The van der Waals surface area contributed by atoms with Crippen LogP contribution < -0.4 is 0 Å². The highest BCUT2D eigenvalue weighted by atomic mass is 19.3. The average Bonchev–Trinajstić information content (AvgIpc) is 3.46. The lowest BCUT2D eigenvalue weighted by Crippen LogP contribution is -2.55. The predicted octanol–water partition coefficient (Wildman–Crippen LogP) is 5.66. The minimum Gasteiger partial charge on any atom is -0.444 e. The van der Waals surface area contributed by atoms with E-state index in [4.69, 9.17) is 14.0 Å². The number of rotatable bonds is 5. The molecule has 0 radical (unpaired) electrons. The van der Waals surface area contributed by atoms with Crippen molar-refractivity contribution in [3.05, 3.63) is 41.2 Å². The molecule has 1 saturated heterocycles. The average molecular weight is 470 g/mol. The third kappa shape index (κ3) is 5.15. The number of hydrogen-bond acceptors (Lipinski definition) is 5. The number of benzene rings is 1. The van der Waals surface area contributed by atoms with Crippen LogP contribution in [-0.4, -0.2) is 46.9 Å². The Kier molecular flexibility index (Phi) is 6.15. The third-order valence-corrected chi connectivity index (χ3v) is 5.58. The molecule has 1 atom stereocenters. The summed E-state index contributed by atoms with van der Waals surface area (Å²) in [6.07, 6.45) is -0.804. The van der Waals surface area contributed by atoms with Crippen molar-refractivity contribution in [1.29, 1.82) is 0 Å². The van der Waals surface area contributed by atoms with Gasteiger partial charge in [-0.25, -0.2) is 22.4 Å². The maximum atomic E-state index is 14.8. The molecule has 6 nitrogen and oxygen atoms in total.